The van der Waals surface area contributed by atoms with Crippen LogP contribution >= 0.6 is 11.6 Å². The third kappa shape index (κ3) is 4.82. The zero-order chi connectivity index (χ0) is 18.6. The number of carbonyl (C=O) groups excluding carboxylic acids is 2. The maximum Gasteiger partial charge on any atom is 0.226 e. The molecule has 1 amide bonds. The number of benzene rings is 1. The van der Waals surface area contributed by atoms with Crippen LogP contribution in [0.3, 0.4) is 0 Å². The average Bonchev–Trinajstić information content (AvgIpc) is 2.80. The van der Waals surface area contributed by atoms with Gasteiger partial charge in [-0.1, -0.05) is 11.6 Å². The van der Waals surface area contributed by atoms with Crippen LogP contribution in [-0.4, -0.2) is 23.2 Å². The molecule has 4 N–H and O–H groups in total. The second-order valence-electron chi connectivity index (χ2n) is 5.87. The normalized spacial score (nSPS) is 11.8. The molecule has 0 atom stereocenters. The van der Waals surface area contributed by atoms with E-state index in [2.05, 4.69) is 10.3 Å². The van der Waals surface area contributed by atoms with Crippen molar-refractivity contribution in [1.29, 1.82) is 0 Å². The van der Waals surface area contributed by atoms with Crippen molar-refractivity contribution in [3.63, 3.8) is 0 Å². The van der Waals surface area contributed by atoms with Gasteiger partial charge < -0.3 is 16.0 Å². The van der Waals surface area contributed by atoms with Crippen molar-refractivity contribution in [3.05, 3.63) is 46.0 Å². The Morgan fingerprint density at radius 2 is 2.12 bits per heavy atom. The van der Waals surface area contributed by atoms with Crippen LogP contribution in [0.4, 0.5) is 4.39 Å². The molecule has 7 heteroatoms. The number of carbonyl (C=O) groups is 2. The van der Waals surface area contributed by atoms with E-state index >= 15 is 0 Å². The lowest BCUT2D eigenvalue weighted by Gasteiger charge is -2.05. The molecule has 1 heterocycles. The number of nitrogens with one attached hydrogen (secondary N) is 2. The highest BCUT2D eigenvalue weighted by Crippen LogP contribution is 2.29. The lowest BCUT2D eigenvalue weighted by Crippen LogP contribution is -2.24. The molecule has 0 saturated carbocycles. The maximum absolute atomic E-state index is 14.5. The van der Waals surface area contributed by atoms with Crippen molar-refractivity contribution < 1.29 is 14.0 Å². The molecule has 0 unspecified atom stereocenters. The largest absolute Gasteiger partial charge is 0.402 e. The quantitative estimate of drug-likeness (QED) is 0.659. The van der Waals surface area contributed by atoms with E-state index in [9.17, 15) is 14.0 Å². The Bertz CT molecular complexity index is 842. The summed E-state index contributed by atoms with van der Waals surface area (Å²) < 4.78 is 14.5. The van der Waals surface area contributed by atoms with Gasteiger partial charge in [-0.15, -0.1) is 0 Å². The number of rotatable bonds is 7. The predicted octanol–water partition coefficient (Wildman–Crippen LogP) is 3.00. The predicted molar refractivity (Wildman–Crippen MR) is 96.9 cm³/mol. The number of likely N-dealkylation sites (N-methyl/N-ethyl adjacent to an activating group) is 1. The highest BCUT2D eigenvalue weighted by atomic mass is 35.5. The Kier molecular flexibility index (Phi) is 6.20. The van der Waals surface area contributed by atoms with E-state index in [1.54, 1.807) is 19.1 Å². The Labute approximate surface area is 150 Å². The van der Waals surface area contributed by atoms with Gasteiger partial charge in [0.25, 0.3) is 0 Å². The van der Waals surface area contributed by atoms with Crippen LogP contribution in [0.25, 0.3) is 10.9 Å². The Morgan fingerprint density at radius 3 is 2.76 bits per heavy atom. The monoisotopic (exact) mass is 365 g/mol. The molecule has 0 spiro atoms. The first-order chi connectivity index (χ1) is 11.8. The first-order valence-electron chi connectivity index (χ1n) is 8.03. The number of halogens is 2. The molecule has 0 aliphatic rings. The van der Waals surface area contributed by atoms with Crippen LogP contribution < -0.4 is 11.1 Å². The maximum atomic E-state index is 14.5. The van der Waals surface area contributed by atoms with Crippen molar-refractivity contribution >= 4 is 34.2 Å². The van der Waals surface area contributed by atoms with Crippen molar-refractivity contribution in [1.82, 2.24) is 10.3 Å². The lowest BCUT2D eigenvalue weighted by molar-refractivity contribution is -0.120. The van der Waals surface area contributed by atoms with Crippen LogP contribution in [-0.2, 0) is 22.4 Å². The minimum atomic E-state index is -0.467. The smallest absolute Gasteiger partial charge is 0.226 e. The fraction of sp³-hybridized carbons (Fsp3) is 0.333. The van der Waals surface area contributed by atoms with Gasteiger partial charge in [0.05, 0.1) is 12.1 Å². The number of ketones is 1. The van der Waals surface area contributed by atoms with Gasteiger partial charge in [0.2, 0.25) is 5.91 Å². The van der Waals surface area contributed by atoms with Crippen molar-refractivity contribution in [2.24, 2.45) is 5.73 Å². The van der Waals surface area contributed by atoms with Crippen molar-refractivity contribution in [3.8, 4) is 0 Å². The molecule has 25 heavy (non-hydrogen) atoms. The molecule has 0 fully saturated rings. The van der Waals surface area contributed by atoms with E-state index in [0.29, 0.717) is 41.0 Å². The highest BCUT2D eigenvalue weighted by molar-refractivity contribution is 6.32. The van der Waals surface area contributed by atoms with Crippen LogP contribution in [0.2, 0.25) is 5.02 Å². The first kappa shape index (κ1) is 19.0. The van der Waals surface area contributed by atoms with Crippen molar-refractivity contribution in [2.75, 3.05) is 6.54 Å². The van der Waals surface area contributed by atoms with E-state index in [0.717, 1.165) is 5.56 Å². The summed E-state index contributed by atoms with van der Waals surface area (Å²) in [6.45, 7) is 3.73. The fourth-order valence-corrected chi connectivity index (χ4v) is 2.89. The number of allylic oxidation sites excluding steroid dienone is 2. The van der Waals surface area contributed by atoms with Crippen molar-refractivity contribution in [2.45, 2.75) is 33.1 Å². The first-order valence-corrected chi connectivity index (χ1v) is 8.41. The van der Waals surface area contributed by atoms with E-state index in [-0.39, 0.29) is 23.8 Å². The van der Waals surface area contributed by atoms with E-state index < -0.39 is 5.82 Å². The summed E-state index contributed by atoms with van der Waals surface area (Å²) in [5.41, 5.74) is 7.85. The van der Waals surface area contributed by atoms with Gasteiger partial charge in [-0.2, -0.15) is 0 Å². The zero-order valence-electron chi connectivity index (χ0n) is 14.2. The zero-order valence-corrected chi connectivity index (χ0v) is 15.0. The average molecular weight is 366 g/mol. The number of H-pyrrole nitrogens is 1. The second kappa shape index (κ2) is 8.16. The van der Waals surface area contributed by atoms with Gasteiger partial charge in [-0.25, -0.2) is 4.39 Å². The SMILES string of the molecule is CCNC(=O)Cc1[nH]c2cc(CC/C(N)=C/C(C)=O)c(Cl)cc2c1F. The molecule has 1 aromatic heterocycles. The molecule has 0 bridgehead atoms. The number of aryl methyl sites for hydroxylation is 1. The van der Waals surface area contributed by atoms with E-state index in [4.69, 9.17) is 17.3 Å². The summed E-state index contributed by atoms with van der Waals surface area (Å²) in [6, 6.07) is 3.30. The standard InChI is InChI=1S/C18H21ClFN3O2/c1-3-22-17(25)9-16-18(20)13-8-14(19)11(7-15(13)23-16)4-5-12(21)6-10(2)24/h6-8,23H,3-5,9,21H2,1-2H3,(H,22,25)/b12-6-. The third-order valence-corrected chi connectivity index (χ3v) is 4.11. The molecular weight excluding hydrogens is 345 g/mol. The van der Waals surface area contributed by atoms with Crippen LogP contribution in [0.5, 0.6) is 0 Å². The second-order valence-corrected chi connectivity index (χ2v) is 6.27. The molecule has 134 valence electrons. The highest BCUT2D eigenvalue weighted by Gasteiger charge is 2.16. The fourth-order valence-electron chi connectivity index (χ4n) is 2.63. The number of hydrogen-bond acceptors (Lipinski definition) is 3. The molecule has 0 aliphatic carbocycles. The summed E-state index contributed by atoms with van der Waals surface area (Å²) in [6.07, 6.45) is 2.32. The number of amides is 1. The molecule has 0 radical (unpaired) electrons. The van der Waals surface area contributed by atoms with Gasteiger partial charge in [0, 0.05) is 28.2 Å². The number of aromatic nitrogens is 1. The third-order valence-electron chi connectivity index (χ3n) is 3.76. The minimum Gasteiger partial charge on any atom is -0.402 e. The molecule has 0 aliphatic heterocycles. The van der Waals surface area contributed by atoms with Crippen LogP contribution in [0.15, 0.2) is 23.9 Å². The van der Waals surface area contributed by atoms with Gasteiger partial charge in [-0.05, 0) is 50.5 Å². The molecule has 0 saturated heterocycles. The molecular formula is C18H21ClFN3O2. The number of fused-ring (bicyclic) bond motifs is 1. The van der Waals surface area contributed by atoms with E-state index in [1.165, 1.54) is 13.0 Å². The summed E-state index contributed by atoms with van der Waals surface area (Å²) >= 11 is 6.24. The number of hydrogen-bond donors (Lipinski definition) is 3. The Hall–Kier alpha value is -2.34. The van der Waals surface area contributed by atoms with E-state index in [1.807, 2.05) is 0 Å². The Morgan fingerprint density at radius 1 is 1.40 bits per heavy atom. The minimum absolute atomic E-state index is 0.0599. The topological polar surface area (TPSA) is 88.0 Å². The Balaban J connectivity index is 2.25. The van der Waals surface area contributed by atoms with Gasteiger partial charge in [-0.3, -0.25) is 9.59 Å². The summed E-state index contributed by atoms with van der Waals surface area (Å²) in [5, 5.41) is 3.41. The van der Waals surface area contributed by atoms with Crippen LogP contribution in [0.1, 0.15) is 31.5 Å². The molecule has 2 rings (SSSR count). The molecule has 5 nitrogen and oxygen atoms in total. The molecule has 1 aromatic carbocycles. The van der Waals surface area contributed by atoms with Gasteiger partial charge in [0.1, 0.15) is 0 Å². The lowest BCUT2D eigenvalue weighted by atomic mass is 10.1. The van der Waals surface area contributed by atoms with Gasteiger partial charge >= 0.3 is 0 Å². The van der Waals surface area contributed by atoms with Crippen LogP contribution in [0, 0.1) is 5.82 Å². The number of nitrogens with two attached hydrogens (primary N) is 1. The molecule has 2 aromatic rings. The summed E-state index contributed by atoms with van der Waals surface area (Å²) in [7, 11) is 0. The van der Waals surface area contributed by atoms with Gasteiger partial charge in [0.15, 0.2) is 11.6 Å². The summed E-state index contributed by atoms with van der Waals surface area (Å²) in [5.74, 6) is -0.826. The number of aromatic amines is 1. The summed E-state index contributed by atoms with van der Waals surface area (Å²) in [4.78, 5) is 25.6.